The number of benzene rings is 2. The molecule has 3 aromatic rings. The Morgan fingerprint density at radius 1 is 0.933 bits per heavy atom. The van der Waals surface area contributed by atoms with Crippen LogP contribution in [-0.4, -0.2) is 0 Å². The molecular weight excluding hydrogens is 202 g/mol. The molecule has 0 aliphatic rings. The van der Waals surface area contributed by atoms with Crippen LogP contribution in [0.15, 0.2) is 36.4 Å². The standard InChI is InChI=1S/C13H11NS/c1-8-2-4-10-11-7-9(14)3-5-12(11)15-13(10)6-8/h2-7H,14H2,1H3. The molecule has 1 aromatic heterocycles. The van der Waals surface area contributed by atoms with E-state index in [1.165, 1.54) is 25.7 Å². The van der Waals surface area contributed by atoms with E-state index in [-0.39, 0.29) is 0 Å². The van der Waals surface area contributed by atoms with Gasteiger partial charge in [-0.25, -0.2) is 0 Å². The number of nitrogens with two attached hydrogens (primary N) is 1. The van der Waals surface area contributed by atoms with Crippen LogP contribution in [0.3, 0.4) is 0 Å². The van der Waals surface area contributed by atoms with Crippen molar-refractivity contribution in [3.05, 3.63) is 42.0 Å². The average molecular weight is 213 g/mol. The van der Waals surface area contributed by atoms with Crippen LogP contribution in [0.1, 0.15) is 5.56 Å². The first-order chi connectivity index (χ1) is 7.24. The molecule has 1 nitrogen and oxygen atoms in total. The maximum Gasteiger partial charge on any atom is 0.0358 e. The Balaban J connectivity index is 2.53. The van der Waals surface area contributed by atoms with Gasteiger partial charge in [0.15, 0.2) is 0 Å². The second-order valence-corrected chi connectivity index (χ2v) is 4.94. The molecule has 0 atom stereocenters. The van der Waals surface area contributed by atoms with Crippen LogP contribution in [0.4, 0.5) is 5.69 Å². The summed E-state index contributed by atoms with van der Waals surface area (Å²) in [6, 6.07) is 12.7. The van der Waals surface area contributed by atoms with Gasteiger partial charge in [0.05, 0.1) is 0 Å². The van der Waals surface area contributed by atoms with E-state index < -0.39 is 0 Å². The van der Waals surface area contributed by atoms with Gasteiger partial charge in [0.2, 0.25) is 0 Å². The highest BCUT2D eigenvalue weighted by molar-refractivity contribution is 7.25. The Hall–Kier alpha value is -1.54. The number of hydrogen-bond donors (Lipinski definition) is 1. The average Bonchev–Trinajstić information content (AvgIpc) is 2.54. The molecule has 0 radical (unpaired) electrons. The van der Waals surface area contributed by atoms with E-state index in [0.29, 0.717) is 0 Å². The minimum Gasteiger partial charge on any atom is -0.399 e. The van der Waals surface area contributed by atoms with Gasteiger partial charge in [0, 0.05) is 25.9 Å². The highest BCUT2D eigenvalue weighted by Gasteiger charge is 2.04. The summed E-state index contributed by atoms with van der Waals surface area (Å²) in [5.41, 5.74) is 7.95. The molecule has 0 saturated carbocycles. The minimum absolute atomic E-state index is 0.836. The van der Waals surface area contributed by atoms with Crippen LogP contribution in [0.5, 0.6) is 0 Å². The molecule has 2 aromatic carbocycles. The number of aryl methyl sites for hydroxylation is 1. The lowest BCUT2D eigenvalue weighted by molar-refractivity contribution is 1.52. The first kappa shape index (κ1) is 8.74. The summed E-state index contributed by atoms with van der Waals surface area (Å²) in [4.78, 5) is 0. The zero-order valence-electron chi connectivity index (χ0n) is 8.45. The third kappa shape index (κ3) is 1.29. The lowest BCUT2D eigenvalue weighted by atomic mass is 10.1. The molecule has 0 unspecified atom stereocenters. The lowest BCUT2D eigenvalue weighted by Gasteiger charge is -1.94. The quantitative estimate of drug-likeness (QED) is 0.562. The molecular formula is C13H11NS. The van der Waals surface area contributed by atoms with Crippen LogP contribution in [-0.2, 0) is 0 Å². The van der Waals surface area contributed by atoms with Gasteiger partial charge < -0.3 is 5.73 Å². The Morgan fingerprint density at radius 3 is 2.67 bits per heavy atom. The highest BCUT2D eigenvalue weighted by atomic mass is 32.1. The third-order valence-electron chi connectivity index (χ3n) is 2.65. The molecule has 0 aliphatic carbocycles. The van der Waals surface area contributed by atoms with Crippen molar-refractivity contribution < 1.29 is 0 Å². The summed E-state index contributed by atoms with van der Waals surface area (Å²) < 4.78 is 2.65. The van der Waals surface area contributed by atoms with Crippen LogP contribution >= 0.6 is 11.3 Å². The van der Waals surface area contributed by atoms with E-state index in [4.69, 9.17) is 5.73 Å². The first-order valence-electron chi connectivity index (χ1n) is 4.92. The number of rotatable bonds is 0. The summed E-state index contributed by atoms with van der Waals surface area (Å²) in [5, 5.41) is 2.59. The number of hydrogen-bond acceptors (Lipinski definition) is 2. The van der Waals surface area contributed by atoms with E-state index >= 15 is 0 Å². The van der Waals surface area contributed by atoms with Crippen molar-refractivity contribution in [1.82, 2.24) is 0 Å². The zero-order valence-corrected chi connectivity index (χ0v) is 9.27. The monoisotopic (exact) mass is 213 g/mol. The van der Waals surface area contributed by atoms with Crippen molar-refractivity contribution in [2.45, 2.75) is 6.92 Å². The summed E-state index contributed by atoms with van der Waals surface area (Å²) in [5.74, 6) is 0. The molecule has 15 heavy (non-hydrogen) atoms. The van der Waals surface area contributed by atoms with Gasteiger partial charge in [0.25, 0.3) is 0 Å². The number of thiophene rings is 1. The summed E-state index contributed by atoms with van der Waals surface area (Å²) in [6.45, 7) is 2.12. The molecule has 0 saturated heterocycles. The second kappa shape index (κ2) is 2.97. The Morgan fingerprint density at radius 2 is 1.80 bits per heavy atom. The predicted octanol–water partition coefficient (Wildman–Crippen LogP) is 3.95. The molecule has 0 bridgehead atoms. The maximum absolute atomic E-state index is 5.81. The predicted molar refractivity (Wildman–Crippen MR) is 68.5 cm³/mol. The molecule has 74 valence electrons. The topological polar surface area (TPSA) is 26.0 Å². The molecule has 0 fully saturated rings. The van der Waals surface area contributed by atoms with E-state index in [0.717, 1.165) is 5.69 Å². The Bertz CT molecular complexity index is 652. The van der Waals surface area contributed by atoms with Crippen LogP contribution < -0.4 is 5.73 Å². The van der Waals surface area contributed by atoms with Crippen molar-refractivity contribution in [1.29, 1.82) is 0 Å². The molecule has 0 spiro atoms. The molecule has 3 rings (SSSR count). The zero-order chi connectivity index (χ0) is 10.4. The summed E-state index contributed by atoms with van der Waals surface area (Å²) in [6.07, 6.45) is 0. The first-order valence-corrected chi connectivity index (χ1v) is 5.74. The van der Waals surface area contributed by atoms with Crippen molar-refractivity contribution >= 4 is 37.2 Å². The Labute approximate surface area is 92.1 Å². The highest BCUT2D eigenvalue weighted by Crippen LogP contribution is 2.35. The van der Waals surface area contributed by atoms with Gasteiger partial charge >= 0.3 is 0 Å². The van der Waals surface area contributed by atoms with Gasteiger partial charge in [-0.15, -0.1) is 11.3 Å². The van der Waals surface area contributed by atoms with Gasteiger partial charge in [-0.2, -0.15) is 0 Å². The minimum atomic E-state index is 0.836. The fourth-order valence-electron chi connectivity index (χ4n) is 1.90. The normalized spacial score (nSPS) is 11.3. The fraction of sp³-hybridized carbons (Fsp3) is 0.0769. The van der Waals surface area contributed by atoms with Crippen molar-refractivity contribution in [2.75, 3.05) is 5.73 Å². The lowest BCUT2D eigenvalue weighted by Crippen LogP contribution is -1.81. The van der Waals surface area contributed by atoms with Crippen molar-refractivity contribution in [3.8, 4) is 0 Å². The second-order valence-electron chi connectivity index (χ2n) is 3.86. The summed E-state index contributed by atoms with van der Waals surface area (Å²) >= 11 is 1.83. The van der Waals surface area contributed by atoms with Crippen LogP contribution in [0.2, 0.25) is 0 Å². The fourth-order valence-corrected chi connectivity index (χ4v) is 3.09. The summed E-state index contributed by atoms with van der Waals surface area (Å²) in [7, 11) is 0. The SMILES string of the molecule is Cc1ccc2c(c1)sc1ccc(N)cc12. The van der Waals surface area contributed by atoms with Gasteiger partial charge in [-0.1, -0.05) is 12.1 Å². The van der Waals surface area contributed by atoms with Gasteiger partial charge in [0.1, 0.15) is 0 Å². The van der Waals surface area contributed by atoms with Crippen LogP contribution in [0.25, 0.3) is 20.2 Å². The number of fused-ring (bicyclic) bond motifs is 3. The van der Waals surface area contributed by atoms with Gasteiger partial charge in [-0.3, -0.25) is 0 Å². The number of anilines is 1. The smallest absolute Gasteiger partial charge is 0.0358 e. The van der Waals surface area contributed by atoms with Crippen molar-refractivity contribution in [3.63, 3.8) is 0 Å². The van der Waals surface area contributed by atoms with E-state index in [1.54, 1.807) is 0 Å². The van der Waals surface area contributed by atoms with E-state index in [2.05, 4.69) is 37.3 Å². The largest absolute Gasteiger partial charge is 0.399 e. The molecule has 0 amide bonds. The van der Waals surface area contributed by atoms with Crippen LogP contribution in [0, 0.1) is 6.92 Å². The molecule has 2 heteroatoms. The molecule has 0 aliphatic heterocycles. The van der Waals surface area contributed by atoms with E-state index in [9.17, 15) is 0 Å². The third-order valence-corrected chi connectivity index (χ3v) is 3.78. The molecule has 2 N–H and O–H groups in total. The Kier molecular flexibility index (Phi) is 1.73. The maximum atomic E-state index is 5.81. The van der Waals surface area contributed by atoms with Crippen molar-refractivity contribution in [2.24, 2.45) is 0 Å². The number of nitrogen functional groups attached to an aromatic ring is 1. The van der Waals surface area contributed by atoms with E-state index in [1.807, 2.05) is 17.4 Å². The molecule has 1 heterocycles. The van der Waals surface area contributed by atoms with Gasteiger partial charge in [-0.05, 0) is 36.8 Å².